The fourth-order valence-electron chi connectivity index (χ4n) is 2.50. The van der Waals surface area contributed by atoms with Crippen molar-refractivity contribution in [1.29, 1.82) is 0 Å². The van der Waals surface area contributed by atoms with Gasteiger partial charge >= 0.3 is 5.97 Å². The molecule has 0 bridgehead atoms. The van der Waals surface area contributed by atoms with Crippen molar-refractivity contribution in [2.75, 3.05) is 11.1 Å². The maximum atomic E-state index is 12.1. The second-order valence-corrected chi connectivity index (χ2v) is 7.29. The van der Waals surface area contributed by atoms with Crippen LogP contribution in [0, 0.1) is 0 Å². The molecular weight excluding hydrogens is 354 g/mol. The van der Waals surface area contributed by atoms with Crippen molar-refractivity contribution in [2.45, 2.75) is 43.8 Å². The maximum absolute atomic E-state index is 12.1. The molecule has 8 heteroatoms. The molecule has 1 aromatic heterocycles. The molecule has 1 aromatic carbocycles. The van der Waals surface area contributed by atoms with Crippen LogP contribution >= 0.6 is 11.8 Å². The van der Waals surface area contributed by atoms with Gasteiger partial charge in [-0.15, -0.1) is 11.8 Å². The summed E-state index contributed by atoms with van der Waals surface area (Å²) in [5.41, 5.74) is 1.70. The van der Waals surface area contributed by atoms with Crippen molar-refractivity contribution < 1.29 is 19.2 Å². The number of carbonyl (C=O) groups is 2. The molecule has 1 amide bonds. The molecule has 0 aliphatic heterocycles. The first-order valence-electron chi connectivity index (χ1n) is 8.61. The number of hydrogen-bond acceptors (Lipinski definition) is 6. The molecule has 1 aliphatic carbocycles. The minimum Gasteiger partial charge on any atom is -0.481 e. The standard InChI is InChI=1S/C18H21N3O4S/c22-15(5-2-6-16-20-18(21-25-16)13-7-8-13)19-14-4-1-3-12(9-14)10-26-11-17(23)24/h1,3-4,9,13H,2,5-8,10-11H2,(H,19,22)(H,23,24). The topological polar surface area (TPSA) is 105 Å². The summed E-state index contributed by atoms with van der Waals surface area (Å²) in [6.07, 6.45) is 3.88. The van der Waals surface area contributed by atoms with Crippen LogP contribution in [0.25, 0.3) is 0 Å². The number of aromatic nitrogens is 2. The Morgan fingerprint density at radius 1 is 1.35 bits per heavy atom. The van der Waals surface area contributed by atoms with E-state index in [4.69, 9.17) is 9.63 Å². The fraction of sp³-hybridized carbons (Fsp3) is 0.444. The van der Waals surface area contributed by atoms with Crippen molar-refractivity contribution in [1.82, 2.24) is 10.1 Å². The Bertz CT molecular complexity index is 773. The van der Waals surface area contributed by atoms with Gasteiger partial charge in [0.15, 0.2) is 5.82 Å². The number of carbonyl (C=O) groups excluding carboxylic acids is 1. The van der Waals surface area contributed by atoms with Crippen LogP contribution in [0.15, 0.2) is 28.8 Å². The van der Waals surface area contributed by atoms with Gasteiger partial charge < -0.3 is 14.9 Å². The molecule has 26 heavy (non-hydrogen) atoms. The summed E-state index contributed by atoms with van der Waals surface area (Å²) in [5.74, 6) is 1.62. The highest BCUT2D eigenvalue weighted by molar-refractivity contribution is 7.99. The van der Waals surface area contributed by atoms with Gasteiger partial charge in [-0.1, -0.05) is 17.3 Å². The molecule has 1 saturated carbocycles. The Labute approximate surface area is 155 Å². The van der Waals surface area contributed by atoms with Crippen LogP contribution in [0.5, 0.6) is 0 Å². The number of anilines is 1. The number of carboxylic acids is 1. The van der Waals surface area contributed by atoms with Gasteiger partial charge in [0.25, 0.3) is 0 Å². The number of amides is 1. The number of rotatable bonds is 10. The van der Waals surface area contributed by atoms with E-state index in [-0.39, 0.29) is 11.7 Å². The lowest BCUT2D eigenvalue weighted by molar-refractivity contribution is -0.133. The number of carboxylic acid groups (broad SMARTS) is 1. The number of nitrogens with zero attached hydrogens (tertiary/aromatic N) is 2. The molecule has 1 aliphatic rings. The number of hydrogen-bond donors (Lipinski definition) is 2. The Morgan fingerprint density at radius 3 is 2.96 bits per heavy atom. The quantitative estimate of drug-likeness (QED) is 0.657. The lowest BCUT2D eigenvalue weighted by Gasteiger charge is -2.07. The number of thioether (sulfide) groups is 1. The van der Waals surface area contributed by atoms with Crippen LogP contribution in [-0.2, 0) is 21.8 Å². The molecule has 0 unspecified atom stereocenters. The van der Waals surface area contributed by atoms with Crippen LogP contribution in [-0.4, -0.2) is 32.9 Å². The zero-order chi connectivity index (χ0) is 18.4. The summed E-state index contributed by atoms with van der Waals surface area (Å²) in [5, 5.41) is 15.5. The van der Waals surface area contributed by atoms with Gasteiger partial charge in [0.2, 0.25) is 11.8 Å². The molecule has 138 valence electrons. The summed E-state index contributed by atoms with van der Waals surface area (Å²) in [6, 6.07) is 7.46. The van der Waals surface area contributed by atoms with E-state index in [1.54, 1.807) is 0 Å². The second-order valence-electron chi connectivity index (χ2n) is 6.31. The summed E-state index contributed by atoms with van der Waals surface area (Å²) in [7, 11) is 0. The zero-order valence-corrected chi connectivity index (χ0v) is 15.1. The molecule has 7 nitrogen and oxygen atoms in total. The minimum absolute atomic E-state index is 0.0642. The largest absolute Gasteiger partial charge is 0.481 e. The molecule has 1 heterocycles. The van der Waals surface area contributed by atoms with E-state index in [1.165, 1.54) is 11.8 Å². The lowest BCUT2D eigenvalue weighted by Crippen LogP contribution is -2.11. The average molecular weight is 375 g/mol. The number of aliphatic carboxylic acids is 1. The van der Waals surface area contributed by atoms with Gasteiger partial charge in [-0.25, -0.2) is 0 Å². The molecule has 0 atom stereocenters. The van der Waals surface area contributed by atoms with Gasteiger partial charge in [-0.2, -0.15) is 4.98 Å². The normalized spacial score (nSPS) is 13.5. The van der Waals surface area contributed by atoms with Crippen LogP contribution in [0.2, 0.25) is 0 Å². The number of nitrogens with one attached hydrogen (secondary N) is 1. The van der Waals surface area contributed by atoms with Crippen LogP contribution in [0.4, 0.5) is 5.69 Å². The van der Waals surface area contributed by atoms with E-state index >= 15 is 0 Å². The summed E-state index contributed by atoms with van der Waals surface area (Å²) in [6.45, 7) is 0. The Balaban J connectivity index is 1.40. The van der Waals surface area contributed by atoms with E-state index in [2.05, 4.69) is 15.5 Å². The Morgan fingerprint density at radius 2 is 2.19 bits per heavy atom. The van der Waals surface area contributed by atoms with Crippen LogP contribution < -0.4 is 5.32 Å². The highest BCUT2D eigenvalue weighted by Crippen LogP contribution is 2.38. The summed E-state index contributed by atoms with van der Waals surface area (Å²) >= 11 is 1.33. The molecule has 0 spiro atoms. The fourth-order valence-corrected chi connectivity index (χ4v) is 3.19. The first-order valence-corrected chi connectivity index (χ1v) is 9.76. The highest BCUT2D eigenvalue weighted by Gasteiger charge is 2.28. The van der Waals surface area contributed by atoms with Crippen molar-refractivity contribution >= 4 is 29.3 Å². The molecule has 1 fully saturated rings. The minimum atomic E-state index is -0.829. The van der Waals surface area contributed by atoms with Crippen LogP contribution in [0.3, 0.4) is 0 Å². The number of benzene rings is 1. The smallest absolute Gasteiger partial charge is 0.313 e. The highest BCUT2D eigenvalue weighted by atomic mass is 32.2. The Hall–Kier alpha value is -2.35. The second kappa shape index (κ2) is 8.84. The summed E-state index contributed by atoms with van der Waals surface area (Å²) < 4.78 is 5.20. The molecule has 0 radical (unpaired) electrons. The number of aryl methyl sites for hydroxylation is 1. The third kappa shape index (κ3) is 5.87. The Kier molecular flexibility index (Phi) is 6.27. The van der Waals surface area contributed by atoms with E-state index < -0.39 is 5.97 Å². The zero-order valence-electron chi connectivity index (χ0n) is 14.3. The van der Waals surface area contributed by atoms with Gasteiger partial charge in [-0.05, 0) is 37.0 Å². The van der Waals surface area contributed by atoms with Crippen LogP contribution in [0.1, 0.15) is 48.9 Å². The first-order chi connectivity index (χ1) is 12.6. The van der Waals surface area contributed by atoms with E-state index in [0.29, 0.717) is 36.8 Å². The summed E-state index contributed by atoms with van der Waals surface area (Å²) in [4.78, 5) is 27.0. The van der Waals surface area contributed by atoms with Crippen molar-refractivity contribution in [3.8, 4) is 0 Å². The third-order valence-corrected chi connectivity index (χ3v) is 4.91. The molecular formula is C18H21N3O4S. The predicted molar refractivity (Wildman–Crippen MR) is 98.1 cm³/mol. The monoisotopic (exact) mass is 375 g/mol. The van der Waals surface area contributed by atoms with E-state index in [0.717, 1.165) is 29.9 Å². The van der Waals surface area contributed by atoms with E-state index in [9.17, 15) is 9.59 Å². The molecule has 2 N–H and O–H groups in total. The van der Waals surface area contributed by atoms with E-state index in [1.807, 2.05) is 24.3 Å². The molecule has 0 saturated heterocycles. The van der Waals surface area contributed by atoms with Gasteiger partial charge in [0.05, 0.1) is 5.75 Å². The predicted octanol–water partition coefficient (Wildman–Crippen LogP) is 3.23. The van der Waals surface area contributed by atoms with Crippen molar-refractivity contribution in [3.63, 3.8) is 0 Å². The molecule has 2 aromatic rings. The third-order valence-electron chi connectivity index (χ3n) is 3.93. The molecule has 3 rings (SSSR count). The van der Waals surface area contributed by atoms with Gasteiger partial charge in [0.1, 0.15) is 0 Å². The van der Waals surface area contributed by atoms with Gasteiger partial charge in [0, 0.05) is 30.2 Å². The lowest BCUT2D eigenvalue weighted by atomic mass is 10.2. The maximum Gasteiger partial charge on any atom is 0.313 e. The average Bonchev–Trinajstić information content (AvgIpc) is 3.34. The first kappa shape index (κ1) is 18.4. The SMILES string of the molecule is O=C(O)CSCc1cccc(NC(=O)CCCc2nc(C3CC3)no2)c1. The van der Waals surface area contributed by atoms with Crippen molar-refractivity contribution in [2.24, 2.45) is 0 Å². The van der Waals surface area contributed by atoms with Crippen molar-refractivity contribution in [3.05, 3.63) is 41.5 Å². The van der Waals surface area contributed by atoms with Gasteiger partial charge in [-0.3, -0.25) is 9.59 Å².